The number of halogens is 1. The molecule has 0 aliphatic rings. The minimum absolute atomic E-state index is 0.417. The lowest BCUT2D eigenvalue weighted by atomic mass is 10.1. The molecule has 1 atom stereocenters. The highest BCUT2D eigenvalue weighted by atomic mass is 35.5. The summed E-state index contributed by atoms with van der Waals surface area (Å²) in [4.78, 5) is 17.2. The molecule has 0 radical (unpaired) electrons. The van der Waals surface area contributed by atoms with E-state index in [4.69, 9.17) is 16.7 Å². The molecule has 5 heteroatoms. The van der Waals surface area contributed by atoms with Crippen LogP contribution in [0.1, 0.15) is 26.7 Å². The van der Waals surface area contributed by atoms with Gasteiger partial charge in [0.05, 0.1) is 10.9 Å². The van der Waals surface area contributed by atoms with Gasteiger partial charge in [-0.05, 0) is 18.6 Å². The fraction of sp³-hybridized carbons (Fsp3) is 0.538. The molecule has 18 heavy (non-hydrogen) atoms. The Morgan fingerprint density at radius 1 is 1.56 bits per heavy atom. The maximum absolute atomic E-state index is 10.9. The van der Waals surface area contributed by atoms with Crippen molar-refractivity contribution in [1.82, 2.24) is 4.98 Å². The third-order valence-electron chi connectivity index (χ3n) is 2.73. The first kappa shape index (κ1) is 14.8. The highest BCUT2D eigenvalue weighted by Crippen LogP contribution is 2.16. The van der Waals surface area contributed by atoms with Gasteiger partial charge in [-0.25, -0.2) is 4.98 Å². The van der Waals surface area contributed by atoms with Crippen LogP contribution in [0.25, 0.3) is 0 Å². The summed E-state index contributed by atoms with van der Waals surface area (Å²) in [6, 6.07) is 3.60. The summed E-state index contributed by atoms with van der Waals surface area (Å²) in [5, 5.41) is 9.56. The van der Waals surface area contributed by atoms with Gasteiger partial charge in [-0.3, -0.25) is 4.79 Å². The fourth-order valence-corrected chi connectivity index (χ4v) is 1.72. The largest absolute Gasteiger partial charge is 0.481 e. The molecular formula is C13H19ClN2O2. The minimum atomic E-state index is -0.787. The molecule has 1 aromatic rings. The van der Waals surface area contributed by atoms with Gasteiger partial charge < -0.3 is 10.0 Å². The molecule has 4 nitrogen and oxygen atoms in total. The van der Waals surface area contributed by atoms with E-state index in [1.54, 1.807) is 19.2 Å². The number of aromatic nitrogens is 1. The second kappa shape index (κ2) is 7.21. The number of pyridine rings is 1. The SMILES string of the molecule is CCCCN(CC(C)C(=O)O)c1ccc(Cl)cn1. The zero-order chi connectivity index (χ0) is 13.5. The topological polar surface area (TPSA) is 53.4 Å². The molecule has 0 fully saturated rings. The maximum Gasteiger partial charge on any atom is 0.308 e. The Kier molecular flexibility index (Phi) is 5.92. The van der Waals surface area contributed by atoms with E-state index in [0.29, 0.717) is 11.6 Å². The van der Waals surface area contributed by atoms with Gasteiger partial charge in [0.15, 0.2) is 0 Å². The molecule has 0 saturated carbocycles. The molecule has 0 aliphatic carbocycles. The van der Waals surface area contributed by atoms with Crippen LogP contribution in [-0.4, -0.2) is 29.1 Å². The van der Waals surface area contributed by atoms with E-state index < -0.39 is 11.9 Å². The van der Waals surface area contributed by atoms with Crippen LogP contribution in [0.4, 0.5) is 5.82 Å². The van der Waals surface area contributed by atoms with Crippen molar-refractivity contribution in [3.8, 4) is 0 Å². The average molecular weight is 271 g/mol. The van der Waals surface area contributed by atoms with Gasteiger partial charge in [0.25, 0.3) is 0 Å². The van der Waals surface area contributed by atoms with Crippen LogP contribution < -0.4 is 4.90 Å². The number of unbranched alkanes of at least 4 members (excludes halogenated alkanes) is 1. The van der Waals surface area contributed by atoms with E-state index in [1.165, 1.54) is 0 Å². The number of carbonyl (C=O) groups is 1. The number of hydrogen-bond donors (Lipinski definition) is 1. The molecule has 0 aromatic carbocycles. The molecule has 1 rings (SSSR count). The number of nitrogens with zero attached hydrogens (tertiary/aromatic N) is 2. The van der Waals surface area contributed by atoms with Gasteiger partial charge in [-0.2, -0.15) is 0 Å². The first-order valence-electron chi connectivity index (χ1n) is 6.14. The first-order chi connectivity index (χ1) is 8.54. The van der Waals surface area contributed by atoms with E-state index in [1.807, 2.05) is 11.0 Å². The molecule has 0 amide bonds. The molecular weight excluding hydrogens is 252 g/mol. The Labute approximate surface area is 113 Å². The molecule has 1 N–H and O–H groups in total. The lowest BCUT2D eigenvalue weighted by Gasteiger charge is -2.25. The highest BCUT2D eigenvalue weighted by molar-refractivity contribution is 6.30. The number of hydrogen-bond acceptors (Lipinski definition) is 3. The number of carboxylic acids is 1. The number of aliphatic carboxylic acids is 1. The third kappa shape index (κ3) is 4.53. The molecule has 0 bridgehead atoms. The molecule has 100 valence electrons. The summed E-state index contributed by atoms with van der Waals surface area (Å²) in [6.07, 6.45) is 3.66. The van der Waals surface area contributed by atoms with Crippen LogP contribution in [0.2, 0.25) is 5.02 Å². The summed E-state index contributed by atoms with van der Waals surface area (Å²) in [7, 11) is 0. The third-order valence-corrected chi connectivity index (χ3v) is 2.96. The number of rotatable bonds is 7. The van der Waals surface area contributed by atoms with Crippen molar-refractivity contribution in [3.05, 3.63) is 23.4 Å². The predicted octanol–water partition coefficient (Wildman–Crippen LogP) is 3.06. The van der Waals surface area contributed by atoms with Gasteiger partial charge in [-0.1, -0.05) is 31.9 Å². The minimum Gasteiger partial charge on any atom is -0.481 e. The molecule has 1 unspecified atom stereocenters. The monoisotopic (exact) mass is 270 g/mol. The van der Waals surface area contributed by atoms with E-state index in [0.717, 1.165) is 25.2 Å². The fourth-order valence-electron chi connectivity index (χ4n) is 1.61. The molecule has 1 heterocycles. The zero-order valence-electron chi connectivity index (χ0n) is 10.8. The Hall–Kier alpha value is -1.29. The molecule has 0 spiro atoms. The van der Waals surface area contributed by atoms with Crippen molar-refractivity contribution in [3.63, 3.8) is 0 Å². The summed E-state index contributed by atoms with van der Waals surface area (Å²) in [6.45, 7) is 5.08. The van der Waals surface area contributed by atoms with Gasteiger partial charge in [-0.15, -0.1) is 0 Å². The van der Waals surface area contributed by atoms with Crippen LogP contribution >= 0.6 is 11.6 Å². The van der Waals surface area contributed by atoms with Crippen LogP contribution in [-0.2, 0) is 4.79 Å². The van der Waals surface area contributed by atoms with E-state index in [9.17, 15) is 4.79 Å². The lowest BCUT2D eigenvalue weighted by Crippen LogP contribution is -2.33. The zero-order valence-corrected chi connectivity index (χ0v) is 11.5. The van der Waals surface area contributed by atoms with Crippen LogP contribution in [0.3, 0.4) is 0 Å². The standard InChI is InChI=1S/C13H19ClN2O2/c1-3-4-7-16(9-10(2)13(17)18)12-6-5-11(14)8-15-12/h5-6,8,10H,3-4,7,9H2,1-2H3,(H,17,18). The second-order valence-corrected chi connectivity index (χ2v) is 4.81. The normalized spacial score (nSPS) is 12.2. The molecule has 0 saturated heterocycles. The van der Waals surface area contributed by atoms with Crippen molar-refractivity contribution in [2.75, 3.05) is 18.0 Å². The van der Waals surface area contributed by atoms with Gasteiger partial charge >= 0.3 is 5.97 Å². The Bertz CT molecular complexity index is 381. The van der Waals surface area contributed by atoms with Crippen molar-refractivity contribution in [2.24, 2.45) is 5.92 Å². The first-order valence-corrected chi connectivity index (χ1v) is 6.51. The smallest absolute Gasteiger partial charge is 0.308 e. The number of carboxylic acid groups (broad SMARTS) is 1. The summed E-state index contributed by atoms with van der Waals surface area (Å²) < 4.78 is 0. The second-order valence-electron chi connectivity index (χ2n) is 4.37. The quantitative estimate of drug-likeness (QED) is 0.827. The van der Waals surface area contributed by atoms with Crippen LogP contribution in [0, 0.1) is 5.92 Å². The lowest BCUT2D eigenvalue weighted by molar-refractivity contribution is -0.140. The van der Waals surface area contributed by atoms with Crippen molar-refractivity contribution < 1.29 is 9.90 Å². The van der Waals surface area contributed by atoms with Gasteiger partial charge in [0.1, 0.15) is 5.82 Å². The molecule has 1 aromatic heterocycles. The van der Waals surface area contributed by atoms with E-state index in [2.05, 4.69) is 11.9 Å². The maximum atomic E-state index is 10.9. The van der Waals surface area contributed by atoms with Gasteiger partial charge in [0, 0.05) is 19.3 Å². The Morgan fingerprint density at radius 3 is 2.78 bits per heavy atom. The van der Waals surface area contributed by atoms with E-state index >= 15 is 0 Å². The predicted molar refractivity (Wildman–Crippen MR) is 73.2 cm³/mol. The Morgan fingerprint density at radius 2 is 2.28 bits per heavy atom. The van der Waals surface area contributed by atoms with Crippen molar-refractivity contribution in [2.45, 2.75) is 26.7 Å². The van der Waals surface area contributed by atoms with Crippen LogP contribution in [0.15, 0.2) is 18.3 Å². The van der Waals surface area contributed by atoms with Crippen molar-refractivity contribution >= 4 is 23.4 Å². The summed E-state index contributed by atoms with van der Waals surface area (Å²) >= 11 is 5.80. The number of anilines is 1. The van der Waals surface area contributed by atoms with E-state index in [-0.39, 0.29) is 0 Å². The van der Waals surface area contributed by atoms with Crippen molar-refractivity contribution in [1.29, 1.82) is 0 Å². The van der Waals surface area contributed by atoms with Gasteiger partial charge in [0.2, 0.25) is 0 Å². The highest BCUT2D eigenvalue weighted by Gasteiger charge is 2.17. The Balaban J connectivity index is 2.76. The average Bonchev–Trinajstić information content (AvgIpc) is 2.35. The summed E-state index contributed by atoms with van der Waals surface area (Å²) in [5.41, 5.74) is 0. The summed E-state index contributed by atoms with van der Waals surface area (Å²) in [5.74, 6) is -0.425. The van der Waals surface area contributed by atoms with Crippen LogP contribution in [0.5, 0.6) is 0 Å². The molecule has 0 aliphatic heterocycles.